The first-order valence-electron chi connectivity index (χ1n) is 13.2. The number of nitrogens with zero attached hydrogens (tertiary/aromatic N) is 1. The lowest BCUT2D eigenvalue weighted by Crippen LogP contribution is -2.48. The average molecular weight is 442 g/mol. The predicted octanol–water partition coefficient (Wildman–Crippen LogP) is 7.45. The summed E-state index contributed by atoms with van der Waals surface area (Å²) in [6.07, 6.45) is 17.1. The predicted molar refractivity (Wildman–Crippen MR) is 129 cm³/mol. The van der Waals surface area contributed by atoms with Crippen molar-refractivity contribution in [2.45, 2.75) is 122 Å². The van der Waals surface area contributed by atoms with Gasteiger partial charge in [-0.25, -0.2) is 4.79 Å². The summed E-state index contributed by atoms with van der Waals surface area (Å²) in [7, 11) is 0. The third-order valence-electron chi connectivity index (χ3n) is 7.38. The lowest BCUT2D eigenvalue weighted by molar-refractivity contribution is -0.125. The lowest BCUT2D eigenvalue weighted by atomic mass is 9.85. The van der Waals surface area contributed by atoms with E-state index < -0.39 is 0 Å². The normalized spacial score (nSPS) is 22.2. The van der Waals surface area contributed by atoms with Gasteiger partial charge in [0.05, 0.1) is 0 Å². The van der Waals surface area contributed by atoms with E-state index in [0.29, 0.717) is 12.4 Å². The topological polar surface area (TPSA) is 46.6 Å². The molecule has 178 valence electrons. The highest BCUT2D eigenvalue weighted by Crippen LogP contribution is 2.40. The van der Waals surface area contributed by atoms with Crippen LogP contribution in [0.15, 0.2) is 30.3 Å². The van der Waals surface area contributed by atoms with E-state index in [2.05, 4.69) is 6.92 Å². The zero-order valence-electron chi connectivity index (χ0n) is 20.1. The Morgan fingerprint density at radius 1 is 0.844 bits per heavy atom. The van der Waals surface area contributed by atoms with Crippen molar-refractivity contribution in [1.29, 1.82) is 0 Å². The molecule has 2 unspecified atom stereocenters. The van der Waals surface area contributed by atoms with E-state index in [1.807, 2.05) is 35.2 Å². The summed E-state index contributed by atoms with van der Waals surface area (Å²) in [5.74, 6) is 0.572. The molecule has 2 aliphatic rings. The summed E-state index contributed by atoms with van der Waals surface area (Å²) in [4.78, 5) is 27.4. The summed E-state index contributed by atoms with van der Waals surface area (Å²) in [6.45, 7) is 2.58. The van der Waals surface area contributed by atoms with Gasteiger partial charge in [-0.1, -0.05) is 95.0 Å². The molecular formula is C28H43NO3. The first-order valence-corrected chi connectivity index (χ1v) is 13.2. The van der Waals surface area contributed by atoms with Crippen molar-refractivity contribution in [1.82, 2.24) is 4.90 Å². The summed E-state index contributed by atoms with van der Waals surface area (Å²) in [5, 5.41) is 0. The highest BCUT2D eigenvalue weighted by atomic mass is 16.6. The maximum absolute atomic E-state index is 12.8. The van der Waals surface area contributed by atoms with Crippen molar-refractivity contribution in [3.8, 4) is 0 Å². The molecule has 3 rings (SSSR count). The minimum Gasteiger partial charge on any atom is -0.445 e. The Labute approximate surface area is 195 Å². The molecule has 2 bridgehead atoms. The summed E-state index contributed by atoms with van der Waals surface area (Å²) >= 11 is 0. The van der Waals surface area contributed by atoms with E-state index in [0.717, 1.165) is 44.1 Å². The van der Waals surface area contributed by atoms with Crippen LogP contribution in [0.4, 0.5) is 4.79 Å². The van der Waals surface area contributed by atoms with Crippen molar-refractivity contribution < 1.29 is 14.3 Å². The van der Waals surface area contributed by atoms with Gasteiger partial charge in [0, 0.05) is 24.4 Å². The van der Waals surface area contributed by atoms with Crippen LogP contribution in [0, 0.1) is 5.92 Å². The van der Waals surface area contributed by atoms with Crippen LogP contribution >= 0.6 is 0 Å². The molecular weight excluding hydrogens is 398 g/mol. The van der Waals surface area contributed by atoms with E-state index in [4.69, 9.17) is 4.74 Å². The molecule has 1 aromatic carbocycles. The van der Waals surface area contributed by atoms with Gasteiger partial charge in [-0.15, -0.1) is 0 Å². The van der Waals surface area contributed by atoms with Gasteiger partial charge in [-0.3, -0.25) is 4.79 Å². The third-order valence-corrected chi connectivity index (χ3v) is 7.38. The number of ether oxygens (including phenoxy) is 1. The number of piperidine rings is 1. The SMILES string of the molecule is CCCCCCCCCCCCC(=O)C1CC2CCC(C1)N2C(=O)OCc1ccccc1. The molecule has 4 nitrogen and oxygen atoms in total. The number of benzene rings is 1. The molecule has 2 saturated heterocycles. The van der Waals surface area contributed by atoms with Crippen molar-refractivity contribution >= 4 is 11.9 Å². The summed E-state index contributed by atoms with van der Waals surface area (Å²) < 4.78 is 5.59. The van der Waals surface area contributed by atoms with Gasteiger partial charge in [0.15, 0.2) is 0 Å². The molecule has 32 heavy (non-hydrogen) atoms. The van der Waals surface area contributed by atoms with Crippen LogP contribution in [0.3, 0.4) is 0 Å². The fourth-order valence-corrected chi connectivity index (χ4v) is 5.52. The minimum atomic E-state index is -0.207. The standard InChI is InChI=1S/C28H43NO3/c1-2-3-4-5-6-7-8-9-10-14-17-27(30)24-20-25-18-19-26(21-24)29(25)28(31)32-22-23-15-12-11-13-16-23/h11-13,15-16,24-26H,2-10,14,17-22H2,1H3. The van der Waals surface area contributed by atoms with Gasteiger partial charge in [0.2, 0.25) is 0 Å². The Balaban J connectivity index is 1.30. The number of carbonyl (C=O) groups is 2. The van der Waals surface area contributed by atoms with Crippen LogP contribution < -0.4 is 0 Å². The number of hydrogen-bond donors (Lipinski definition) is 0. The van der Waals surface area contributed by atoms with Crippen LogP contribution in [-0.4, -0.2) is 28.9 Å². The molecule has 1 amide bonds. The number of rotatable bonds is 14. The fourth-order valence-electron chi connectivity index (χ4n) is 5.52. The monoisotopic (exact) mass is 441 g/mol. The molecule has 0 N–H and O–H groups in total. The Morgan fingerprint density at radius 2 is 1.41 bits per heavy atom. The Morgan fingerprint density at radius 3 is 2.00 bits per heavy atom. The smallest absolute Gasteiger partial charge is 0.410 e. The molecule has 4 heteroatoms. The van der Waals surface area contributed by atoms with Crippen molar-refractivity contribution in [3.63, 3.8) is 0 Å². The molecule has 2 fully saturated rings. The van der Waals surface area contributed by atoms with Crippen molar-refractivity contribution in [2.75, 3.05) is 0 Å². The molecule has 0 radical (unpaired) electrons. The molecule has 2 atom stereocenters. The highest BCUT2D eigenvalue weighted by molar-refractivity contribution is 5.81. The molecule has 0 aromatic heterocycles. The number of unbranched alkanes of at least 4 members (excludes halogenated alkanes) is 9. The minimum absolute atomic E-state index is 0.143. The fraction of sp³-hybridized carbons (Fsp3) is 0.714. The van der Waals surface area contributed by atoms with Gasteiger partial charge in [-0.2, -0.15) is 0 Å². The number of fused-ring (bicyclic) bond motifs is 2. The van der Waals surface area contributed by atoms with E-state index in [1.165, 1.54) is 57.8 Å². The third kappa shape index (κ3) is 7.64. The van der Waals surface area contributed by atoms with Crippen LogP contribution in [0.25, 0.3) is 0 Å². The molecule has 0 spiro atoms. The second kappa shape index (κ2) is 13.6. The van der Waals surface area contributed by atoms with E-state index in [-0.39, 0.29) is 24.1 Å². The van der Waals surface area contributed by atoms with Crippen molar-refractivity contribution in [3.05, 3.63) is 35.9 Å². The van der Waals surface area contributed by atoms with Gasteiger partial charge < -0.3 is 9.64 Å². The van der Waals surface area contributed by atoms with Gasteiger partial charge in [0.1, 0.15) is 12.4 Å². The largest absolute Gasteiger partial charge is 0.445 e. The maximum Gasteiger partial charge on any atom is 0.410 e. The lowest BCUT2D eigenvalue weighted by Gasteiger charge is -2.37. The zero-order valence-corrected chi connectivity index (χ0v) is 20.1. The highest BCUT2D eigenvalue weighted by Gasteiger charge is 2.45. The van der Waals surface area contributed by atoms with Crippen LogP contribution in [0.1, 0.15) is 109 Å². The Hall–Kier alpha value is -1.84. The van der Waals surface area contributed by atoms with Crippen LogP contribution in [0.5, 0.6) is 0 Å². The number of amides is 1. The molecule has 2 heterocycles. The summed E-state index contributed by atoms with van der Waals surface area (Å²) in [6, 6.07) is 10.2. The Bertz CT molecular complexity index is 675. The quantitative estimate of drug-likeness (QED) is 0.282. The second-order valence-electron chi connectivity index (χ2n) is 9.90. The van der Waals surface area contributed by atoms with Gasteiger partial charge in [-0.05, 0) is 37.7 Å². The van der Waals surface area contributed by atoms with Crippen LogP contribution in [-0.2, 0) is 16.1 Å². The molecule has 0 saturated carbocycles. The molecule has 0 aliphatic carbocycles. The first kappa shape index (κ1) is 24.8. The maximum atomic E-state index is 12.8. The average Bonchev–Trinajstić information content (AvgIpc) is 3.08. The first-order chi connectivity index (χ1) is 15.7. The van der Waals surface area contributed by atoms with E-state index in [1.54, 1.807) is 0 Å². The van der Waals surface area contributed by atoms with E-state index >= 15 is 0 Å². The number of hydrogen-bond acceptors (Lipinski definition) is 3. The molecule has 1 aromatic rings. The zero-order chi connectivity index (χ0) is 22.6. The second-order valence-corrected chi connectivity index (χ2v) is 9.90. The Kier molecular flexibility index (Phi) is 10.6. The van der Waals surface area contributed by atoms with Gasteiger partial charge in [0.25, 0.3) is 0 Å². The van der Waals surface area contributed by atoms with Gasteiger partial charge >= 0.3 is 6.09 Å². The van der Waals surface area contributed by atoms with Crippen LogP contribution in [0.2, 0.25) is 0 Å². The number of carbonyl (C=O) groups excluding carboxylic acids is 2. The summed E-state index contributed by atoms with van der Waals surface area (Å²) in [5.41, 5.74) is 1.01. The number of Topliss-reactive ketones (excluding diaryl/α,β-unsaturated/α-hetero) is 1. The van der Waals surface area contributed by atoms with E-state index in [9.17, 15) is 9.59 Å². The number of ketones is 1. The van der Waals surface area contributed by atoms with Crippen molar-refractivity contribution in [2.24, 2.45) is 5.92 Å². The molecule has 2 aliphatic heterocycles.